The van der Waals surface area contributed by atoms with Crippen molar-refractivity contribution in [1.82, 2.24) is 9.97 Å². The van der Waals surface area contributed by atoms with E-state index in [1.165, 1.54) is 0 Å². The van der Waals surface area contributed by atoms with Gasteiger partial charge in [0, 0.05) is 17.3 Å². The van der Waals surface area contributed by atoms with Gasteiger partial charge in [0.15, 0.2) is 0 Å². The second kappa shape index (κ2) is 6.29. The predicted octanol–water partition coefficient (Wildman–Crippen LogP) is 3.72. The minimum Gasteiger partial charge on any atom is -0.377 e. The van der Waals surface area contributed by atoms with Gasteiger partial charge >= 0.3 is 0 Å². The standard InChI is InChI=1S/C16H14BrN3O2/c1-22-9-15-19-13-7-6-10(8-14(13)20-15)18-16(21)11-4-2-3-5-12(11)17/h2-8H,9H2,1H3,(H,18,21)(H,19,20). The highest BCUT2D eigenvalue weighted by atomic mass is 79.9. The van der Waals surface area contributed by atoms with E-state index >= 15 is 0 Å². The molecule has 6 heteroatoms. The van der Waals surface area contributed by atoms with Crippen LogP contribution in [0.1, 0.15) is 16.2 Å². The Labute approximate surface area is 135 Å². The Hall–Kier alpha value is -2.18. The van der Waals surface area contributed by atoms with Crippen LogP contribution in [-0.2, 0) is 11.3 Å². The summed E-state index contributed by atoms with van der Waals surface area (Å²) in [6.45, 7) is 0.424. The molecule has 0 spiro atoms. The minimum absolute atomic E-state index is 0.163. The Morgan fingerprint density at radius 3 is 2.91 bits per heavy atom. The summed E-state index contributed by atoms with van der Waals surface area (Å²) in [5.41, 5.74) is 3.00. The molecule has 0 aliphatic rings. The van der Waals surface area contributed by atoms with E-state index in [-0.39, 0.29) is 5.91 Å². The highest BCUT2D eigenvalue weighted by Gasteiger charge is 2.10. The largest absolute Gasteiger partial charge is 0.377 e. The van der Waals surface area contributed by atoms with Gasteiger partial charge in [-0.3, -0.25) is 4.79 Å². The van der Waals surface area contributed by atoms with E-state index in [9.17, 15) is 4.79 Å². The Kier molecular flexibility index (Phi) is 4.22. The molecule has 112 valence electrons. The molecule has 2 aromatic carbocycles. The number of nitrogens with zero attached hydrogens (tertiary/aromatic N) is 1. The molecule has 0 aliphatic carbocycles. The van der Waals surface area contributed by atoms with Crippen molar-refractivity contribution in [2.24, 2.45) is 0 Å². The van der Waals surface area contributed by atoms with Crippen molar-refractivity contribution >= 4 is 38.6 Å². The molecule has 3 rings (SSSR count). The summed E-state index contributed by atoms with van der Waals surface area (Å²) >= 11 is 3.38. The van der Waals surface area contributed by atoms with E-state index < -0.39 is 0 Å². The summed E-state index contributed by atoms with van der Waals surface area (Å²) in [6.07, 6.45) is 0. The Bertz CT molecular complexity index is 829. The number of carbonyl (C=O) groups is 1. The number of halogens is 1. The molecule has 1 heterocycles. The summed E-state index contributed by atoms with van der Waals surface area (Å²) in [5, 5.41) is 2.88. The molecule has 0 fully saturated rings. The van der Waals surface area contributed by atoms with Gasteiger partial charge in [-0.15, -0.1) is 0 Å². The molecule has 0 radical (unpaired) electrons. The average molecular weight is 360 g/mol. The molecule has 0 aliphatic heterocycles. The van der Waals surface area contributed by atoms with Gasteiger partial charge in [0.25, 0.3) is 5.91 Å². The number of amides is 1. The number of methoxy groups -OCH3 is 1. The molecular weight excluding hydrogens is 346 g/mol. The van der Waals surface area contributed by atoms with Gasteiger partial charge in [-0.1, -0.05) is 12.1 Å². The first kappa shape index (κ1) is 14.7. The number of ether oxygens (including phenoxy) is 1. The van der Waals surface area contributed by atoms with E-state index in [4.69, 9.17) is 4.74 Å². The lowest BCUT2D eigenvalue weighted by molar-refractivity contribution is 0.102. The maximum absolute atomic E-state index is 12.3. The third kappa shape index (κ3) is 3.03. The van der Waals surface area contributed by atoms with Crippen LogP contribution >= 0.6 is 15.9 Å². The lowest BCUT2D eigenvalue weighted by Gasteiger charge is -2.06. The average Bonchev–Trinajstić information content (AvgIpc) is 2.89. The van der Waals surface area contributed by atoms with Crippen molar-refractivity contribution in [1.29, 1.82) is 0 Å². The van der Waals surface area contributed by atoms with Crippen LogP contribution in [0.2, 0.25) is 0 Å². The van der Waals surface area contributed by atoms with Gasteiger partial charge in [-0.25, -0.2) is 4.98 Å². The fourth-order valence-corrected chi connectivity index (χ4v) is 2.65. The molecule has 0 atom stereocenters. The molecule has 0 saturated heterocycles. The minimum atomic E-state index is -0.163. The highest BCUT2D eigenvalue weighted by Crippen LogP contribution is 2.20. The van der Waals surface area contributed by atoms with Crippen molar-refractivity contribution in [2.75, 3.05) is 12.4 Å². The predicted molar refractivity (Wildman–Crippen MR) is 88.9 cm³/mol. The monoisotopic (exact) mass is 359 g/mol. The molecule has 1 aromatic heterocycles. The molecule has 5 nitrogen and oxygen atoms in total. The van der Waals surface area contributed by atoms with Gasteiger partial charge in [-0.05, 0) is 46.3 Å². The zero-order chi connectivity index (χ0) is 15.5. The number of rotatable bonds is 4. The number of aromatic amines is 1. The molecule has 22 heavy (non-hydrogen) atoms. The van der Waals surface area contributed by atoms with Crippen LogP contribution in [-0.4, -0.2) is 23.0 Å². The molecule has 0 unspecified atom stereocenters. The number of benzene rings is 2. The molecular formula is C16H14BrN3O2. The number of nitrogens with one attached hydrogen (secondary N) is 2. The SMILES string of the molecule is COCc1nc2ccc(NC(=O)c3ccccc3Br)cc2[nH]1. The van der Waals surface area contributed by atoms with Gasteiger partial charge in [0.2, 0.25) is 0 Å². The second-order valence-electron chi connectivity index (χ2n) is 4.78. The van der Waals surface area contributed by atoms with E-state index in [0.717, 1.165) is 21.3 Å². The van der Waals surface area contributed by atoms with E-state index in [1.54, 1.807) is 13.2 Å². The Balaban J connectivity index is 1.84. The van der Waals surface area contributed by atoms with Crippen molar-refractivity contribution in [2.45, 2.75) is 6.61 Å². The lowest BCUT2D eigenvalue weighted by atomic mass is 10.2. The van der Waals surface area contributed by atoms with Crippen LogP contribution < -0.4 is 5.32 Å². The van der Waals surface area contributed by atoms with Crippen molar-refractivity contribution < 1.29 is 9.53 Å². The third-order valence-electron chi connectivity index (χ3n) is 3.19. The smallest absolute Gasteiger partial charge is 0.256 e. The summed E-state index contributed by atoms with van der Waals surface area (Å²) in [5.74, 6) is 0.593. The number of hydrogen-bond acceptors (Lipinski definition) is 3. The Morgan fingerprint density at radius 1 is 1.32 bits per heavy atom. The van der Waals surface area contributed by atoms with Crippen LogP contribution in [0, 0.1) is 0 Å². The van der Waals surface area contributed by atoms with Crippen LogP contribution in [0.5, 0.6) is 0 Å². The number of H-pyrrole nitrogens is 1. The van der Waals surface area contributed by atoms with Crippen LogP contribution in [0.25, 0.3) is 11.0 Å². The number of hydrogen-bond donors (Lipinski definition) is 2. The van der Waals surface area contributed by atoms with Gasteiger partial charge < -0.3 is 15.0 Å². The molecule has 1 amide bonds. The fraction of sp³-hybridized carbons (Fsp3) is 0.125. The maximum atomic E-state index is 12.3. The fourth-order valence-electron chi connectivity index (χ4n) is 2.19. The zero-order valence-corrected chi connectivity index (χ0v) is 13.5. The molecule has 0 bridgehead atoms. The lowest BCUT2D eigenvalue weighted by Crippen LogP contribution is -2.12. The normalized spacial score (nSPS) is 10.8. The van der Waals surface area contributed by atoms with E-state index in [1.807, 2.05) is 36.4 Å². The molecule has 2 N–H and O–H groups in total. The third-order valence-corrected chi connectivity index (χ3v) is 3.88. The number of aromatic nitrogens is 2. The van der Waals surface area contributed by atoms with Crippen LogP contribution in [0.4, 0.5) is 5.69 Å². The summed E-state index contributed by atoms with van der Waals surface area (Å²) in [4.78, 5) is 19.9. The summed E-state index contributed by atoms with van der Waals surface area (Å²) < 4.78 is 5.82. The number of carbonyl (C=O) groups excluding carboxylic acids is 1. The number of anilines is 1. The molecule has 0 saturated carbocycles. The van der Waals surface area contributed by atoms with Crippen molar-refractivity contribution in [3.05, 3.63) is 58.3 Å². The summed E-state index contributed by atoms with van der Waals surface area (Å²) in [7, 11) is 1.62. The van der Waals surface area contributed by atoms with Gasteiger partial charge in [0.1, 0.15) is 12.4 Å². The van der Waals surface area contributed by atoms with Gasteiger partial charge in [-0.2, -0.15) is 0 Å². The topological polar surface area (TPSA) is 67.0 Å². The van der Waals surface area contributed by atoms with Crippen molar-refractivity contribution in [3.63, 3.8) is 0 Å². The first-order valence-electron chi connectivity index (χ1n) is 6.71. The van der Waals surface area contributed by atoms with Crippen molar-refractivity contribution in [3.8, 4) is 0 Å². The highest BCUT2D eigenvalue weighted by molar-refractivity contribution is 9.10. The molecule has 3 aromatic rings. The number of imidazole rings is 1. The van der Waals surface area contributed by atoms with E-state index in [0.29, 0.717) is 17.9 Å². The zero-order valence-electron chi connectivity index (χ0n) is 11.9. The summed E-state index contributed by atoms with van der Waals surface area (Å²) in [6, 6.07) is 12.9. The maximum Gasteiger partial charge on any atom is 0.256 e. The van der Waals surface area contributed by atoms with E-state index in [2.05, 4.69) is 31.2 Å². The van der Waals surface area contributed by atoms with Gasteiger partial charge in [0.05, 0.1) is 16.6 Å². The quantitative estimate of drug-likeness (QED) is 0.745. The second-order valence-corrected chi connectivity index (χ2v) is 5.64. The van der Waals surface area contributed by atoms with Crippen LogP contribution in [0.15, 0.2) is 46.9 Å². The number of fused-ring (bicyclic) bond motifs is 1. The first-order valence-corrected chi connectivity index (χ1v) is 7.50. The Morgan fingerprint density at radius 2 is 2.14 bits per heavy atom. The van der Waals surface area contributed by atoms with Crippen LogP contribution in [0.3, 0.4) is 0 Å². The first-order chi connectivity index (χ1) is 10.7.